The third-order valence-corrected chi connectivity index (χ3v) is 10.0. The number of methoxy groups -OCH3 is 4. The van der Waals surface area contributed by atoms with Gasteiger partial charge < -0.3 is 45.0 Å². The molecule has 0 aliphatic heterocycles. The van der Waals surface area contributed by atoms with E-state index in [4.69, 9.17) is 9.47 Å². The first-order chi connectivity index (χ1) is 37.9. The molecule has 0 spiro atoms. The van der Waals surface area contributed by atoms with Gasteiger partial charge in [0, 0.05) is 44.4 Å². The molecule has 0 fully saturated rings. The summed E-state index contributed by atoms with van der Waals surface area (Å²) >= 11 is 0. The Labute approximate surface area is 479 Å². The lowest BCUT2D eigenvalue weighted by atomic mass is 10.1. The van der Waals surface area contributed by atoms with E-state index in [1.807, 2.05) is 26.0 Å². The summed E-state index contributed by atoms with van der Waals surface area (Å²) in [6, 6.07) is 22.4. The van der Waals surface area contributed by atoms with E-state index in [0.717, 1.165) is 24.6 Å². The van der Waals surface area contributed by atoms with Crippen LogP contribution in [-0.4, -0.2) is 136 Å². The number of rotatable bonds is 25. The summed E-state index contributed by atoms with van der Waals surface area (Å²) in [5, 5.41) is 10.3. The molecule has 0 aliphatic rings. The first-order valence-electron chi connectivity index (χ1n) is 24.4. The highest BCUT2D eigenvalue weighted by Crippen LogP contribution is 2.08. The van der Waals surface area contributed by atoms with E-state index in [0.29, 0.717) is 23.1 Å². The number of esters is 5. The zero-order valence-electron chi connectivity index (χ0n) is 46.4. The molecule has 22 nitrogen and oxygen atoms in total. The highest BCUT2D eigenvalue weighted by Gasteiger charge is 2.24. The fourth-order valence-corrected chi connectivity index (χ4v) is 5.85. The van der Waals surface area contributed by atoms with E-state index in [1.165, 1.54) is 61.4 Å². The van der Waals surface area contributed by atoms with Gasteiger partial charge in [0.1, 0.15) is 30.8 Å². The van der Waals surface area contributed by atoms with Gasteiger partial charge in [-0.05, 0) is 94.2 Å². The number of carbonyl (C=O) groups excluding carboxylic acids is 13. The van der Waals surface area contributed by atoms with Gasteiger partial charge in [0.25, 0.3) is 17.7 Å². The van der Waals surface area contributed by atoms with Gasteiger partial charge in [-0.25, -0.2) is 19.2 Å². The highest BCUT2D eigenvalue weighted by atomic mass is 16.5. The zero-order chi connectivity index (χ0) is 60.6. The quantitative estimate of drug-likeness (QED) is 0.0253. The van der Waals surface area contributed by atoms with Crippen molar-refractivity contribution in [1.82, 2.24) is 21.3 Å². The van der Waals surface area contributed by atoms with Gasteiger partial charge in [0.15, 0.2) is 11.6 Å². The maximum absolute atomic E-state index is 12.2. The number of hydrogen-bond acceptors (Lipinski definition) is 18. The van der Waals surface area contributed by atoms with E-state index in [-0.39, 0.29) is 52.5 Å². The minimum Gasteiger partial charge on any atom is -0.467 e. The second kappa shape index (κ2) is 44.4. The smallest absolute Gasteiger partial charge is 0.328 e. The number of ketones is 4. The van der Waals surface area contributed by atoms with Gasteiger partial charge in [-0.3, -0.25) is 43.2 Å². The Morgan fingerprint density at radius 3 is 0.976 bits per heavy atom. The number of allylic oxidation sites excluding steroid dienone is 3. The number of carbonyl (C=O) groups is 13. The van der Waals surface area contributed by atoms with Gasteiger partial charge in [0.05, 0.1) is 28.4 Å². The van der Waals surface area contributed by atoms with Crippen molar-refractivity contribution < 1.29 is 86.0 Å². The Morgan fingerprint density at radius 1 is 0.402 bits per heavy atom. The molecule has 0 saturated heterocycles. The first kappa shape index (κ1) is 76.8. The fourth-order valence-electron chi connectivity index (χ4n) is 5.85. The van der Waals surface area contributed by atoms with Crippen LogP contribution in [0.5, 0.6) is 0 Å². The van der Waals surface area contributed by atoms with Crippen LogP contribution in [0.15, 0.2) is 139 Å². The van der Waals surface area contributed by atoms with Gasteiger partial charge >= 0.3 is 29.8 Å². The molecule has 4 amide bonds. The second-order valence-corrected chi connectivity index (χ2v) is 16.7. The molecule has 0 aromatic heterocycles. The average Bonchev–Trinajstić information content (AvgIpc) is 3.48. The van der Waals surface area contributed by atoms with Crippen molar-refractivity contribution in [2.45, 2.75) is 106 Å². The van der Waals surface area contributed by atoms with Crippen molar-refractivity contribution in [2.75, 3.05) is 35.0 Å². The average molecular weight is 1140 g/mol. The number of amides is 4. The van der Waals surface area contributed by atoms with Crippen LogP contribution < -0.4 is 21.3 Å². The van der Waals surface area contributed by atoms with Crippen molar-refractivity contribution in [3.05, 3.63) is 156 Å². The topological polar surface area (TPSA) is 316 Å². The number of Topliss-reactive ketones (excluding diaryl/α,β-unsaturated/α-hetero) is 2. The van der Waals surface area contributed by atoms with E-state index in [9.17, 15) is 62.3 Å². The maximum atomic E-state index is 12.2. The normalized spacial score (nSPS) is 11.4. The highest BCUT2D eigenvalue weighted by molar-refractivity contribution is 6.41. The lowest BCUT2D eigenvalue weighted by Gasteiger charge is -2.15. The number of nitrogens with one attached hydrogen (secondary N) is 4. The van der Waals surface area contributed by atoms with E-state index in [2.05, 4.69) is 35.5 Å². The molecular weight excluding hydrogens is 1060 g/mol. The van der Waals surface area contributed by atoms with Crippen LogP contribution >= 0.6 is 0 Å². The molecule has 0 aliphatic carbocycles. The van der Waals surface area contributed by atoms with Crippen molar-refractivity contribution in [2.24, 2.45) is 0 Å². The summed E-state index contributed by atoms with van der Waals surface area (Å²) in [6.07, 6.45) is 10.8. The molecule has 4 atom stereocenters. The molecule has 4 N–H and O–H groups in total. The minimum absolute atomic E-state index is 0. The summed E-state index contributed by atoms with van der Waals surface area (Å²) in [7, 11) is 4.98. The lowest BCUT2D eigenvalue weighted by Crippen LogP contribution is -2.41. The largest absolute Gasteiger partial charge is 0.467 e. The van der Waals surface area contributed by atoms with Crippen molar-refractivity contribution in [3.63, 3.8) is 0 Å². The molecule has 0 radical (unpaired) electrons. The molecule has 3 rings (SSSR count). The maximum Gasteiger partial charge on any atom is 0.328 e. The molecule has 0 unspecified atom stereocenters. The fraction of sp³-hybridized carbons (Fsp3) is 0.350. The van der Waals surface area contributed by atoms with Crippen molar-refractivity contribution in [3.8, 4) is 0 Å². The molecule has 0 bridgehead atoms. The van der Waals surface area contributed by atoms with E-state index < -0.39 is 89.0 Å². The van der Waals surface area contributed by atoms with Crippen LogP contribution in [0.3, 0.4) is 0 Å². The Hall–Kier alpha value is -9.47. The predicted octanol–water partition coefficient (Wildman–Crippen LogP) is 5.88. The summed E-state index contributed by atoms with van der Waals surface area (Å²) < 4.78 is 23.1. The van der Waals surface area contributed by atoms with Crippen molar-refractivity contribution >= 4 is 76.6 Å². The summed E-state index contributed by atoms with van der Waals surface area (Å²) in [5.74, 6) is -6.52. The Balaban J connectivity index is -0.00000104. The Bertz CT molecular complexity index is 2680. The molecule has 3 aromatic rings. The first-order valence-corrected chi connectivity index (χ1v) is 24.4. The van der Waals surface area contributed by atoms with Crippen LogP contribution in [0.2, 0.25) is 0 Å². The summed E-state index contributed by atoms with van der Waals surface area (Å²) in [5.41, 5.74) is 2.43. The zero-order valence-corrected chi connectivity index (χ0v) is 46.4. The van der Waals surface area contributed by atoms with Gasteiger partial charge in [0.2, 0.25) is 17.5 Å². The van der Waals surface area contributed by atoms with Gasteiger partial charge in [-0.1, -0.05) is 99.3 Å². The Kier molecular flexibility index (Phi) is 41.6. The standard InChI is InChI=1S/C19H24N2O6.C16H17NO5.C15H19NO3.C8H10O4.2CH4/c1-13(22)20-15(18(24)26-2)11-7-8-12-16(19(25)27-3)21-17(23)14-9-5-4-6-10-14;1-11(18)14(19)10-6-9-13(16(21)22-2)17-15(20)12-7-4-3-5-8-12;1-11(2)9-10-13(15(18)19-3)16-14(17)12-7-5-4-6-8-12;1-6(9)8(11)4-3-5-12-7(2)10;;/h4-10,15-16H,11-12H2,1-3H3,(H,20,22)(H,21,23);3-8,10,13H,9H2,1-2H3,(H,17,20);4-9,13H,10H2,1-3H3,(H,16,17);3-4H,5H2,1-2H3;2*1H4/b;;;4-3-;;/t15-,16-;2*13-;;;/m000.../s1. The molecule has 0 heterocycles. The Morgan fingerprint density at radius 2 is 0.695 bits per heavy atom. The molecule has 0 saturated carbocycles. The minimum atomic E-state index is -0.936. The van der Waals surface area contributed by atoms with Crippen LogP contribution in [0.1, 0.15) is 113 Å². The molecule has 3 aromatic carbocycles. The monoisotopic (exact) mass is 1140 g/mol. The summed E-state index contributed by atoms with van der Waals surface area (Å²) in [6.45, 7) is 8.79. The van der Waals surface area contributed by atoms with Crippen LogP contribution in [0.4, 0.5) is 0 Å². The number of benzene rings is 3. The van der Waals surface area contributed by atoms with E-state index >= 15 is 0 Å². The molecular formula is C60H78N4O18. The van der Waals surface area contributed by atoms with Crippen LogP contribution in [-0.2, 0) is 71.6 Å². The lowest BCUT2D eigenvalue weighted by molar-refractivity contribution is -0.145. The van der Waals surface area contributed by atoms with Gasteiger partial charge in [-0.15, -0.1) is 0 Å². The second-order valence-electron chi connectivity index (χ2n) is 16.7. The van der Waals surface area contributed by atoms with Gasteiger partial charge in [-0.2, -0.15) is 0 Å². The molecule has 446 valence electrons. The van der Waals surface area contributed by atoms with E-state index in [1.54, 1.807) is 97.1 Å². The molecule has 22 heteroatoms. The van der Waals surface area contributed by atoms with Crippen LogP contribution in [0.25, 0.3) is 0 Å². The summed E-state index contributed by atoms with van der Waals surface area (Å²) in [4.78, 5) is 147. The molecule has 82 heavy (non-hydrogen) atoms. The van der Waals surface area contributed by atoms with Crippen molar-refractivity contribution in [1.29, 1.82) is 0 Å². The number of hydrogen-bond donors (Lipinski definition) is 4. The third kappa shape index (κ3) is 34.4. The predicted molar refractivity (Wildman–Crippen MR) is 306 cm³/mol. The number of ether oxygens (including phenoxy) is 5. The SMILES string of the molecule is C.C.CC(=O)OC/C=C\C(=O)C(C)=O.COC(=O)[C@H](CC=C(C)C)NC(=O)c1ccccc1.COC(=O)[C@H](CC=CC(=O)C(C)=O)NC(=O)c1ccccc1.COC(=O)[C@H](CC=CC[C@H](NC(=O)c1ccccc1)C(=O)OC)NC(C)=O. The van der Waals surface area contributed by atoms with Crippen LogP contribution in [0, 0.1) is 0 Å². The third-order valence-electron chi connectivity index (χ3n) is 10.0.